The first-order valence-corrected chi connectivity index (χ1v) is 14.6. The van der Waals surface area contributed by atoms with Gasteiger partial charge in [-0.2, -0.15) is 13.0 Å². The van der Waals surface area contributed by atoms with Gasteiger partial charge in [-0.05, 0) is 47.7 Å². The molecule has 196 valence electrons. The maximum absolute atomic E-state index is 11.6. The highest BCUT2D eigenvalue weighted by Crippen LogP contribution is 2.46. The van der Waals surface area contributed by atoms with Crippen molar-refractivity contribution in [3.8, 4) is 0 Å². The lowest BCUT2D eigenvalue weighted by Crippen LogP contribution is -2.36. The second-order valence-electron chi connectivity index (χ2n) is 8.97. The SMILES string of the molecule is CCC(=Cc1oc2ccc3ccccc3c2[n+]1CCCS(=O)(=O)O)C=C1Sc2ccccc2N1CC(=O)O. The number of thioether (sulfide) groups is 1. The van der Waals surface area contributed by atoms with E-state index < -0.39 is 16.1 Å². The summed E-state index contributed by atoms with van der Waals surface area (Å²) in [5.74, 6) is -0.730. The van der Waals surface area contributed by atoms with Gasteiger partial charge in [0.2, 0.25) is 5.58 Å². The van der Waals surface area contributed by atoms with Crippen molar-refractivity contribution in [2.45, 2.75) is 31.2 Å². The number of fused-ring (bicyclic) bond motifs is 4. The molecule has 4 aromatic rings. The first-order valence-electron chi connectivity index (χ1n) is 12.2. The van der Waals surface area contributed by atoms with Crippen LogP contribution < -0.4 is 9.47 Å². The van der Waals surface area contributed by atoms with Crippen molar-refractivity contribution in [1.82, 2.24) is 0 Å². The molecule has 0 unspecified atom stereocenters. The molecule has 0 atom stereocenters. The lowest BCUT2D eigenvalue weighted by Gasteiger charge is -2.18. The molecule has 2 N–H and O–H groups in total. The normalized spacial score (nSPS) is 15.1. The number of rotatable bonds is 9. The van der Waals surface area contributed by atoms with Gasteiger partial charge in [0.05, 0.1) is 27.9 Å². The average Bonchev–Trinajstić information content (AvgIpc) is 3.40. The fourth-order valence-electron chi connectivity index (χ4n) is 4.63. The molecule has 0 amide bonds. The lowest BCUT2D eigenvalue weighted by atomic mass is 10.1. The van der Waals surface area contributed by atoms with Crippen LogP contribution in [0.5, 0.6) is 0 Å². The highest BCUT2D eigenvalue weighted by molar-refractivity contribution is 8.03. The van der Waals surface area contributed by atoms with Crippen molar-refractivity contribution in [3.05, 3.63) is 83.2 Å². The highest BCUT2D eigenvalue weighted by Gasteiger charge is 2.28. The van der Waals surface area contributed by atoms with E-state index in [9.17, 15) is 22.9 Å². The first kappa shape index (κ1) is 26.0. The monoisotopic (exact) mass is 551 g/mol. The van der Waals surface area contributed by atoms with E-state index >= 15 is 0 Å². The van der Waals surface area contributed by atoms with Gasteiger partial charge < -0.3 is 14.4 Å². The predicted molar refractivity (Wildman–Crippen MR) is 149 cm³/mol. The van der Waals surface area contributed by atoms with Crippen LogP contribution >= 0.6 is 11.8 Å². The quantitative estimate of drug-likeness (QED) is 0.208. The Hall–Kier alpha value is -3.60. The number of oxazole rings is 1. The fourth-order valence-corrected chi connectivity index (χ4v) is 6.26. The first-order chi connectivity index (χ1) is 18.2. The summed E-state index contributed by atoms with van der Waals surface area (Å²) in [7, 11) is -4.10. The summed E-state index contributed by atoms with van der Waals surface area (Å²) in [5, 5.41) is 12.3. The van der Waals surface area contributed by atoms with Crippen molar-refractivity contribution >= 4 is 61.5 Å². The minimum atomic E-state index is -4.10. The van der Waals surface area contributed by atoms with Crippen LogP contribution in [0.25, 0.3) is 27.9 Å². The lowest BCUT2D eigenvalue weighted by molar-refractivity contribution is -0.677. The van der Waals surface area contributed by atoms with Crippen molar-refractivity contribution < 1.29 is 31.9 Å². The van der Waals surface area contributed by atoms with Gasteiger partial charge in [0.15, 0.2) is 6.54 Å². The van der Waals surface area contributed by atoms with Gasteiger partial charge in [-0.1, -0.05) is 55.1 Å². The largest absolute Gasteiger partial charge is 0.480 e. The van der Waals surface area contributed by atoms with E-state index in [1.807, 2.05) is 84.3 Å². The summed E-state index contributed by atoms with van der Waals surface area (Å²) >= 11 is 1.52. The molecule has 0 saturated carbocycles. The molecule has 38 heavy (non-hydrogen) atoms. The van der Waals surface area contributed by atoms with Crippen LogP contribution in [0.2, 0.25) is 0 Å². The summed E-state index contributed by atoms with van der Waals surface area (Å²) in [4.78, 5) is 14.4. The molecule has 1 aliphatic heterocycles. The average molecular weight is 552 g/mol. The number of para-hydroxylation sites is 1. The Morgan fingerprint density at radius 3 is 2.63 bits per heavy atom. The Bertz CT molecular complexity index is 1710. The van der Waals surface area contributed by atoms with Gasteiger partial charge in [0.25, 0.3) is 15.6 Å². The minimum Gasteiger partial charge on any atom is -0.480 e. The van der Waals surface area contributed by atoms with Gasteiger partial charge in [-0.15, -0.1) is 0 Å². The van der Waals surface area contributed by atoms with Crippen molar-refractivity contribution in [2.24, 2.45) is 0 Å². The second-order valence-corrected chi connectivity index (χ2v) is 11.6. The summed E-state index contributed by atoms with van der Waals surface area (Å²) in [6.07, 6.45) is 4.76. The van der Waals surface area contributed by atoms with Gasteiger partial charge in [-0.3, -0.25) is 9.35 Å². The number of hydrogen-bond acceptors (Lipinski definition) is 6. The molecule has 0 spiro atoms. The molecule has 0 radical (unpaired) electrons. The van der Waals surface area contributed by atoms with Gasteiger partial charge in [0.1, 0.15) is 6.54 Å². The number of hydrogen-bond donors (Lipinski definition) is 2. The van der Waals surface area contributed by atoms with Gasteiger partial charge in [0, 0.05) is 11.3 Å². The Balaban J connectivity index is 1.60. The number of aromatic nitrogens is 1. The van der Waals surface area contributed by atoms with E-state index in [-0.39, 0.29) is 18.7 Å². The Morgan fingerprint density at radius 1 is 1.11 bits per heavy atom. The molecule has 0 bridgehead atoms. The number of aryl methyl sites for hydroxylation is 1. The molecule has 0 saturated heterocycles. The molecule has 5 rings (SSSR count). The van der Waals surface area contributed by atoms with Crippen LogP contribution in [0, 0.1) is 0 Å². The highest BCUT2D eigenvalue weighted by atomic mass is 32.2. The maximum Gasteiger partial charge on any atom is 0.374 e. The maximum atomic E-state index is 11.6. The number of anilines is 1. The predicted octanol–water partition coefficient (Wildman–Crippen LogP) is 5.48. The third-order valence-corrected chi connectivity index (χ3v) is 8.27. The van der Waals surface area contributed by atoms with Crippen LogP contribution in [0.1, 0.15) is 25.7 Å². The van der Waals surface area contributed by atoms with Crippen molar-refractivity contribution in [2.75, 3.05) is 17.2 Å². The summed E-state index contributed by atoms with van der Waals surface area (Å²) < 4.78 is 40.3. The molecule has 1 aromatic heterocycles. The van der Waals surface area contributed by atoms with Crippen LogP contribution in [-0.4, -0.2) is 36.3 Å². The number of aliphatic carboxylic acids is 1. The van der Waals surface area contributed by atoms with Crippen LogP contribution in [0.15, 0.2) is 86.7 Å². The van der Waals surface area contributed by atoms with Crippen LogP contribution in [-0.2, 0) is 21.5 Å². The topological polar surface area (TPSA) is 112 Å². The summed E-state index contributed by atoms with van der Waals surface area (Å²) in [5.41, 5.74) is 3.29. The van der Waals surface area contributed by atoms with E-state index in [0.29, 0.717) is 24.4 Å². The van der Waals surface area contributed by atoms with E-state index in [4.69, 9.17) is 4.42 Å². The van der Waals surface area contributed by atoms with E-state index in [2.05, 4.69) is 0 Å². The Morgan fingerprint density at radius 2 is 1.87 bits per heavy atom. The number of carbonyl (C=O) groups is 1. The molecule has 10 heteroatoms. The standard InChI is InChI=1S/C28H26N2O6S2/c1-2-19(17-26-30(18-27(31)32)22-10-5-6-11-24(22)37-26)16-25-29(14-7-15-38(33,34)35)28-21-9-4-3-8-20(21)12-13-23(28)36-25/h3-6,8-13,16-17H,2,7,14-15,18H2,1H3,(H-,31,32,33,34,35)/p+1. The molecular weight excluding hydrogens is 524 g/mol. The third-order valence-electron chi connectivity index (χ3n) is 6.35. The smallest absolute Gasteiger partial charge is 0.374 e. The number of nitrogens with zero attached hydrogens (tertiary/aromatic N) is 2. The zero-order valence-electron chi connectivity index (χ0n) is 20.7. The Kier molecular flexibility index (Phi) is 7.29. The molecule has 2 heterocycles. The summed E-state index contributed by atoms with van der Waals surface area (Å²) in [6.45, 7) is 2.18. The van der Waals surface area contributed by atoms with Crippen molar-refractivity contribution in [1.29, 1.82) is 0 Å². The second kappa shape index (κ2) is 10.6. The number of benzene rings is 3. The fraction of sp³-hybridized carbons (Fsp3) is 0.214. The van der Waals surface area contributed by atoms with Crippen molar-refractivity contribution in [3.63, 3.8) is 0 Å². The number of carboxylic acids is 1. The molecule has 0 aliphatic carbocycles. The molecule has 0 fully saturated rings. The van der Waals surface area contributed by atoms with Crippen LogP contribution in [0.4, 0.5) is 5.69 Å². The third kappa shape index (κ3) is 5.47. The molecule has 3 aromatic carbocycles. The Labute approximate surface area is 224 Å². The van der Waals surface area contributed by atoms with E-state index in [1.54, 1.807) is 4.90 Å². The number of carboxylic acid groups (broad SMARTS) is 1. The number of allylic oxidation sites excluding steroid dienone is 2. The van der Waals surface area contributed by atoms with Gasteiger partial charge in [-0.25, -0.2) is 0 Å². The van der Waals surface area contributed by atoms with E-state index in [0.717, 1.165) is 37.5 Å². The van der Waals surface area contributed by atoms with E-state index in [1.165, 1.54) is 11.8 Å². The van der Waals surface area contributed by atoms with Crippen LogP contribution in [0.3, 0.4) is 0 Å². The zero-order valence-corrected chi connectivity index (χ0v) is 22.3. The molecule has 8 nitrogen and oxygen atoms in total. The molecule has 1 aliphatic rings. The molecular formula is C28H27N2O6S2+. The van der Waals surface area contributed by atoms with Gasteiger partial charge >= 0.3 is 11.9 Å². The zero-order chi connectivity index (χ0) is 26.9. The minimum absolute atomic E-state index is 0.154. The summed E-state index contributed by atoms with van der Waals surface area (Å²) in [6, 6.07) is 19.5.